The summed E-state index contributed by atoms with van der Waals surface area (Å²) in [5.74, 6) is 0.366. The van der Waals surface area contributed by atoms with Crippen molar-refractivity contribution in [2.24, 2.45) is 0 Å². The van der Waals surface area contributed by atoms with Gasteiger partial charge in [-0.2, -0.15) is 0 Å². The van der Waals surface area contributed by atoms with Crippen LogP contribution in [0.3, 0.4) is 0 Å². The highest BCUT2D eigenvalue weighted by molar-refractivity contribution is 5.73. The molecule has 0 spiro atoms. The van der Waals surface area contributed by atoms with Gasteiger partial charge in [0.25, 0.3) is 0 Å². The normalized spacial score (nSPS) is 15.0. The smallest absolute Gasteiger partial charge is 0.125 e. The van der Waals surface area contributed by atoms with Crippen LogP contribution >= 0.6 is 0 Å². The zero-order valence-corrected chi connectivity index (χ0v) is 10.3. The van der Waals surface area contributed by atoms with Gasteiger partial charge in [-0.05, 0) is 30.5 Å². The Kier molecular flexibility index (Phi) is 2.93. The first kappa shape index (κ1) is 11.1. The molecule has 1 heterocycles. The van der Waals surface area contributed by atoms with E-state index in [4.69, 9.17) is 0 Å². The van der Waals surface area contributed by atoms with Gasteiger partial charge in [-0.15, -0.1) is 0 Å². The lowest BCUT2D eigenvalue weighted by atomic mass is 10.0. The Morgan fingerprint density at radius 2 is 1.61 bits per heavy atom. The molecule has 3 rings (SSSR count). The van der Waals surface area contributed by atoms with E-state index in [-0.39, 0.29) is 0 Å². The fourth-order valence-electron chi connectivity index (χ4n) is 2.55. The van der Waals surface area contributed by atoms with Crippen molar-refractivity contribution in [2.75, 3.05) is 18.0 Å². The monoisotopic (exact) mass is 239 g/mol. The molecular formula is C16H17NO. The number of nitrogens with zero attached hydrogens (tertiary/aromatic N) is 1. The maximum atomic E-state index is 10.2. The molecule has 1 aliphatic heterocycles. The molecule has 2 heteroatoms. The van der Waals surface area contributed by atoms with Gasteiger partial charge in [-0.1, -0.05) is 30.3 Å². The molecule has 2 aromatic rings. The summed E-state index contributed by atoms with van der Waals surface area (Å²) in [5, 5.41) is 10.2. The summed E-state index contributed by atoms with van der Waals surface area (Å²) in [7, 11) is 0. The van der Waals surface area contributed by atoms with Gasteiger partial charge >= 0.3 is 0 Å². The lowest BCUT2D eigenvalue weighted by molar-refractivity contribution is 0.477. The third kappa shape index (κ3) is 2.06. The highest BCUT2D eigenvalue weighted by Crippen LogP contribution is 2.33. The van der Waals surface area contributed by atoms with Gasteiger partial charge in [-0.3, -0.25) is 0 Å². The number of rotatable bonds is 2. The molecule has 0 bridgehead atoms. The molecule has 2 nitrogen and oxygen atoms in total. The molecule has 1 saturated heterocycles. The second-order valence-corrected chi connectivity index (χ2v) is 4.76. The van der Waals surface area contributed by atoms with Crippen LogP contribution in [0.4, 0.5) is 5.69 Å². The van der Waals surface area contributed by atoms with Gasteiger partial charge in [0, 0.05) is 30.4 Å². The molecule has 0 saturated carbocycles. The number of aromatic hydroxyl groups is 1. The third-order valence-corrected chi connectivity index (χ3v) is 3.54. The minimum absolute atomic E-state index is 0.366. The number of phenolic OH excluding ortho intramolecular Hbond substituents is 1. The lowest BCUT2D eigenvalue weighted by Gasteiger charge is -2.18. The van der Waals surface area contributed by atoms with Gasteiger partial charge in [0.2, 0.25) is 0 Å². The van der Waals surface area contributed by atoms with Gasteiger partial charge in [-0.25, -0.2) is 0 Å². The van der Waals surface area contributed by atoms with E-state index >= 15 is 0 Å². The summed E-state index contributed by atoms with van der Waals surface area (Å²) in [6, 6.07) is 16.0. The molecule has 18 heavy (non-hydrogen) atoms. The van der Waals surface area contributed by atoms with Crippen LogP contribution in [-0.2, 0) is 0 Å². The summed E-state index contributed by atoms with van der Waals surface area (Å²) in [5.41, 5.74) is 3.09. The van der Waals surface area contributed by atoms with Crippen LogP contribution in [0.2, 0.25) is 0 Å². The Labute approximate surface area is 107 Å². The van der Waals surface area contributed by atoms with Crippen LogP contribution < -0.4 is 4.90 Å². The summed E-state index contributed by atoms with van der Waals surface area (Å²) in [6.07, 6.45) is 2.50. The molecule has 0 aliphatic carbocycles. The topological polar surface area (TPSA) is 23.5 Å². The Morgan fingerprint density at radius 1 is 0.889 bits per heavy atom. The predicted molar refractivity (Wildman–Crippen MR) is 75.0 cm³/mol. The molecule has 2 aromatic carbocycles. The maximum absolute atomic E-state index is 10.2. The average Bonchev–Trinajstić information content (AvgIpc) is 2.93. The Morgan fingerprint density at radius 3 is 2.28 bits per heavy atom. The SMILES string of the molecule is Oc1cc(N2CCCC2)ccc1-c1ccccc1. The quantitative estimate of drug-likeness (QED) is 0.864. The minimum Gasteiger partial charge on any atom is -0.507 e. The molecular weight excluding hydrogens is 222 g/mol. The molecule has 1 N–H and O–H groups in total. The molecule has 1 aliphatic rings. The number of benzene rings is 2. The van der Waals surface area contributed by atoms with Crippen molar-refractivity contribution in [3.8, 4) is 16.9 Å². The van der Waals surface area contributed by atoms with E-state index in [1.807, 2.05) is 42.5 Å². The van der Waals surface area contributed by atoms with E-state index in [2.05, 4.69) is 11.0 Å². The maximum Gasteiger partial charge on any atom is 0.125 e. The molecule has 0 amide bonds. The summed E-state index contributed by atoms with van der Waals surface area (Å²) in [6.45, 7) is 2.20. The van der Waals surface area contributed by atoms with E-state index in [1.54, 1.807) is 0 Å². The number of hydrogen-bond donors (Lipinski definition) is 1. The first-order chi connectivity index (χ1) is 8.84. The standard InChI is InChI=1S/C16H17NO/c18-16-12-14(17-10-4-5-11-17)8-9-15(16)13-6-2-1-3-7-13/h1-3,6-9,12,18H,4-5,10-11H2. The Balaban J connectivity index is 1.94. The van der Waals surface area contributed by atoms with Gasteiger partial charge in [0.1, 0.15) is 5.75 Å². The number of phenols is 1. The van der Waals surface area contributed by atoms with E-state index < -0.39 is 0 Å². The van der Waals surface area contributed by atoms with Crippen molar-refractivity contribution in [1.82, 2.24) is 0 Å². The van der Waals surface area contributed by atoms with Crippen molar-refractivity contribution >= 4 is 5.69 Å². The fourth-order valence-corrected chi connectivity index (χ4v) is 2.55. The Bertz CT molecular complexity index is 530. The second kappa shape index (κ2) is 4.73. The van der Waals surface area contributed by atoms with Gasteiger partial charge in [0.15, 0.2) is 0 Å². The number of anilines is 1. The highest BCUT2D eigenvalue weighted by atomic mass is 16.3. The van der Waals surface area contributed by atoms with Gasteiger partial charge in [0.05, 0.1) is 0 Å². The predicted octanol–water partition coefficient (Wildman–Crippen LogP) is 3.66. The largest absolute Gasteiger partial charge is 0.507 e. The lowest BCUT2D eigenvalue weighted by Crippen LogP contribution is -2.17. The van der Waals surface area contributed by atoms with E-state index in [1.165, 1.54) is 12.8 Å². The summed E-state index contributed by atoms with van der Waals surface area (Å²) in [4.78, 5) is 2.33. The highest BCUT2D eigenvalue weighted by Gasteiger charge is 2.14. The van der Waals surface area contributed by atoms with Crippen molar-refractivity contribution in [2.45, 2.75) is 12.8 Å². The Hall–Kier alpha value is -1.96. The van der Waals surface area contributed by atoms with Crippen molar-refractivity contribution in [1.29, 1.82) is 0 Å². The van der Waals surface area contributed by atoms with E-state index in [0.717, 1.165) is 29.9 Å². The zero-order chi connectivity index (χ0) is 12.4. The fraction of sp³-hybridized carbons (Fsp3) is 0.250. The van der Waals surface area contributed by atoms with Crippen LogP contribution in [0.1, 0.15) is 12.8 Å². The minimum atomic E-state index is 0.366. The van der Waals surface area contributed by atoms with E-state index in [0.29, 0.717) is 5.75 Å². The molecule has 1 fully saturated rings. The number of hydrogen-bond acceptors (Lipinski definition) is 2. The van der Waals surface area contributed by atoms with Crippen LogP contribution in [0.15, 0.2) is 48.5 Å². The third-order valence-electron chi connectivity index (χ3n) is 3.54. The first-order valence-corrected chi connectivity index (χ1v) is 6.48. The van der Waals surface area contributed by atoms with Crippen LogP contribution in [0, 0.1) is 0 Å². The molecule has 0 unspecified atom stereocenters. The molecule has 92 valence electrons. The van der Waals surface area contributed by atoms with Gasteiger partial charge < -0.3 is 10.0 Å². The van der Waals surface area contributed by atoms with Crippen molar-refractivity contribution < 1.29 is 5.11 Å². The first-order valence-electron chi connectivity index (χ1n) is 6.48. The van der Waals surface area contributed by atoms with Crippen LogP contribution in [-0.4, -0.2) is 18.2 Å². The van der Waals surface area contributed by atoms with Crippen LogP contribution in [0.25, 0.3) is 11.1 Å². The zero-order valence-electron chi connectivity index (χ0n) is 10.3. The van der Waals surface area contributed by atoms with Crippen LogP contribution in [0.5, 0.6) is 5.75 Å². The van der Waals surface area contributed by atoms with E-state index in [9.17, 15) is 5.11 Å². The molecule has 0 atom stereocenters. The van der Waals surface area contributed by atoms with Crippen molar-refractivity contribution in [3.63, 3.8) is 0 Å². The average molecular weight is 239 g/mol. The second-order valence-electron chi connectivity index (χ2n) is 4.76. The summed E-state index contributed by atoms with van der Waals surface area (Å²) < 4.78 is 0. The van der Waals surface area contributed by atoms with Crippen molar-refractivity contribution in [3.05, 3.63) is 48.5 Å². The molecule has 0 aromatic heterocycles. The molecule has 0 radical (unpaired) electrons. The summed E-state index contributed by atoms with van der Waals surface area (Å²) >= 11 is 0.